The summed E-state index contributed by atoms with van der Waals surface area (Å²) in [5.41, 5.74) is 3.44. The van der Waals surface area contributed by atoms with E-state index >= 15 is 0 Å². The molecule has 1 fully saturated rings. The third-order valence-corrected chi connectivity index (χ3v) is 4.33. The van der Waals surface area contributed by atoms with E-state index in [0.717, 1.165) is 37.6 Å². The highest BCUT2D eigenvalue weighted by molar-refractivity contribution is 7.12. The van der Waals surface area contributed by atoms with Crippen molar-refractivity contribution in [1.82, 2.24) is 15.3 Å². The molecule has 2 rings (SSSR count). The van der Waals surface area contributed by atoms with Crippen molar-refractivity contribution in [1.29, 1.82) is 0 Å². The van der Waals surface area contributed by atoms with Crippen LogP contribution in [0.2, 0.25) is 0 Å². The molecule has 0 atom stereocenters. The van der Waals surface area contributed by atoms with Gasteiger partial charge in [-0.15, -0.1) is 11.3 Å². The quantitative estimate of drug-likeness (QED) is 0.807. The summed E-state index contributed by atoms with van der Waals surface area (Å²) in [6.45, 7) is 5.14. The first kappa shape index (κ1) is 14.5. The number of nitrogens with one attached hydrogen (secondary N) is 1. The average Bonchev–Trinajstić information content (AvgIpc) is 2.85. The van der Waals surface area contributed by atoms with E-state index in [2.05, 4.69) is 33.2 Å². The number of thiophene rings is 1. The van der Waals surface area contributed by atoms with Gasteiger partial charge < -0.3 is 9.64 Å². The Balaban J connectivity index is 1.75. The highest BCUT2D eigenvalue weighted by atomic mass is 32.1. The minimum absolute atomic E-state index is 0.180. The van der Waals surface area contributed by atoms with Gasteiger partial charge in [0.05, 0.1) is 13.5 Å². The van der Waals surface area contributed by atoms with Crippen molar-refractivity contribution in [2.45, 2.75) is 13.0 Å². The van der Waals surface area contributed by atoms with Gasteiger partial charge in [0.15, 0.2) is 0 Å². The molecule has 1 N–H and O–H groups in total. The topological polar surface area (TPSA) is 44.8 Å². The van der Waals surface area contributed by atoms with Crippen LogP contribution in [0.3, 0.4) is 0 Å². The average molecular weight is 283 g/mol. The second-order valence-electron chi connectivity index (χ2n) is 4.75. The zero-order valence-electron chi connectivity index (χ0n) is 11.5. The monoisotopic (exact) mass is 283 g/mol. The molecular weight excluding hydrogens is 262 g/mol. The minimum atomic E-state index is -0.180. The molecule has 0 aromatic carbocycles. The summed E-state index contributed by atoms with van der Waals surface area (Å²) in [6.07, 6.45) is 0.371. The lowest BCUT2D eigenvalue weighted by Crippen LogP contribution is -2.50. The smallest absolute Gasteiger partial charge is 0.310 e. The first-order valence-electron chi connectivity index (χ1n) is 6.49. The Kier molecular flexibility index (Phi) is 5.33. The molecule has 1 aliphatic rings. The molecule has 19 heavy (non-hydrogen) atoms. The predicted octanol–water partition coefficient (Wildman–Crippen LogP) is 0.716. The molecule has 1 aliphatic heterocycles. The van der Waals surface area contributed by atoms with Gasteiger partial charge in [-0.05, 0) is 19.2 Å². The fourth-order valence-electron chi connectivity index (χ4n) is 1.98. The maximum Gasteiger partial charge on any atom is 0.310 e. The highest BCUT2D eigenvalue weighted by Crippen LogP contribution is 2.17. The molecule has 2 heterocycles. The summed E-state index contributed by atoms with van der Waals surface area (Å²) in [5, 5.41) is 2.26. The SMILES string of the molecule is COC(=O)Cc1ccc(CNN2CCN(C)CC2)s1. The van der Waals surface area contributed by atoms with Gasteiger partial charge in [-0.3, -0.25) is 4.79 Å². The van der Waals surface area contributed by atoms with Gasteiger partial charge in [-0.2, -0.15) is 0 Å². The fourth-order valence-corrected chi connectivity index (χ4v) is 2.92. The molecule has 0 aliphatic carbocycles. The first-order chi connectivity index (χ1) is 9.17. The number of hydrogen-bond acceptors (Lipinski definition) is 6. The zero-order valence-corrected chi connectivity index (χ0v) is 12.3. The van der Waals surface area contributed by atoms with Gasteiger partial charge >= 0.3 is 5.97 Å². The largest absolute Gasteiger partial charge is 0.469 e. The number of rotatable bonds is 5. The fraction of sp³-hybridized carbons (Fsp3) is 0.615. The van der Waals surface area contributed by atoms with E-state index in [1.54, 1.807) is 11.3 Å². The lowest BCUT2D eigenvalue weighted by atomic mass is 10.3. The number of nitrogens with zero attached hydrogens (tertiary/aromatic N) is 2. The maximum atomic E-state index is 11.2. The third kappa shape index (κ3) is 4.58. The molecule has 1 aromatic rings. The van der Waals surface area contributed by atoms with E-state index in [9.17, 15) is 4.79 Å². The van der Waals surface area contributed by atoms with Crippen molar-refractivity contribution in [3.8, 4) is 0 Å². The second kappa shape index (κ2) is 7.00. The van der Waals surface area contributed by atoms with Crippen molar-refractivity contribution in [3.05, 3.63) is 21.9 Å². The lowest BCUT2D eigenvalue weighted by molar-refractivity contribution is -0.139. The summed E-state index contributed by atoms with van der Waals surface area (Å²) >= 11 is 1.67. The Morgan fingerprint density at radius 3 is 2.68 bits per heavy atom. The molecule has 0 bridgehead atoms. The molecule has 1 aromatic heterocycles. The lowest BCUT2D eigenvalue weighted by Gasteiger charge is -2.32. The normalized spacial score (nSPS) is 17.6. The number of likely N-dealkylation sites (N-methyl/N-ethyl adjacent to an activating group) is 1. The standard InChI is InChI=1S/C13H21N3O2S/c1-15-5-7-16(8-6-15)14-10-12-4-3-11(19-12)9-13(17)18-2/h3-4,14H,5-10H2,1-2H3. The molecular formula is C13H21N3O2S. The van der Waals surface area contributed by atoms with Crippen LogP contribution in [0.25, 0.3) is 0 Å². The summed E-state index contributed by atoms with van der Waals surface area (Å²) in [4.78, 5) is 15.8. The summed E-state index contributed by atoms with van der Waals surface area (Å²) < 4.78 is 4.67. The van der Waals surface area contributed by atoms with Gasteiger partial charge in [0.2, 0.25) is 0 Å². The van der Waals surface area contributed by atoms with Crippen molar-refractivity contribution in [2.75, 3.05) is 40.3 Å². The van der Waals surface area contributed by atoms with Crippen LogP contribution in [0.4, 0.5) is 0 Å². The number of esters is 1. The van der Waals surface area contributed by atoms with E-state index in [-0.39, 0.29) is 5.97 Å². The Morgan fingerprint density at radius 2 is 2.00 bits per heavy atom. The van der Waals surface area contributed by atoms with Gasteiger partial charge in [-0.25, -0.2) is 10.4 Å². The zero-order chi connectivity index (χ0) is 13.7. The number of ether oxygens (including phenoxy) is 1. The van der Waals surface area contributed by atoms with Crippen LogP contribution in [0.15, 0.2) is 12.1 Å². The van der Waals surface area contributed by atoms with E-state index in [4.69, 9.17) is 0 Å². The molecule has 0 saturated carbocycles. The molecule has 0 radical (unpaired) electrons. The summed E-state index contributed by atoms with van der Waals surface area (Å²) in [7, 11) is 3.57. The Labute approximate surface area is 118 Å². The number of piperazine rings is 1. The summed E-state index contributed by atoms with van der Waals surface area (Å²) in [5.74, 6) is -0.180. The van der Waals surface area contributed by atoms with E-state index < -0.39 is 0 Å². The van der Waals surface area contributed by atoms with Crippen LogP contribution < -0.4 is 5.43 Å². The van der Waals surface area contributed by atoms with Crippen LogP contribution in [-0.2, 0) is 22.5 Å². The third-order valence-electron chi connectivity index (χ3n) is 3.24. The van der Waals surface area contributed by atoms with Crippen molar-refractivity contribution >= 4 is 17.3 Å². The molecule has 0 amide bonds. The van der Waals surface area contributed by atoms with Gasteiger partial charge in [-0.1, -0.05) is 0 Å². The van der Waals surface area contributed by atoms with Crippen LogP contribution in [0.1, 0.15) is 9.75 Å². The van der Waals surface area contributed by atoms with Crippen LogP contribution >= 0.6 is 11.3 Å². The van der Waals surface area contributed by atoms with E-state index in [0.29, 0.717) is 6.42 Å². The minimum Gasteiger partial charge on any atom is -0.469 e. The molecule has 1 saturated heterocycles. The van der Waals surface area contributed by atoms with Gasteiger partial charge in [0.25, 0.3) is 0 Å². The Bertz CT molecular complexity index is 414. The molecule has 5 nitrogen and oxygen atoms in total. The molecule has 106 valence electrons. The number of carbonyl (C=O) groups is 1. The van der Waals surface area contributed by atoms with Crippen molar-refractivity contribution < 1.29 is 9.53 Å². The van der Waals surface area contributed by atoms with E-state index in [1.807, 2.05) is 6.07 Å². The second-order valence-corrected chi connectivity index (χ2v) is 6.00. The van der Waals surface area contributed by atoms with Crippen molar-refractivity contribution in [3.63, 3.8) is 0 Å². The van der Waals surface area contributed by atoms with Gasteiger partial charge in [0.1, 0.15) is 0 Å². The molecule has 6 heteroatoms. The first-order valence-corrected chi connectivity index (χ1v) is 7.30. The van der Waals surface area contributed by atoms with Crippen molar-refractivity contribution in [2.24, 2.45) is 0 Å². The number of carbonyl (C=O) groups excluding carboxylic acids is 1. The van der Waals surface area contributed by atoms with E-state index in [1.165, 1.54) is 12.0 Å². The highest BCUT2D eigenvalue weighted by Gasteiger charge is 2.13. The Morgan fingerprint density at radius 1 is 1.32 bits per heavy atom. The van der Waals surface area contributed by atoms with Gasteiger partial charge in [0, 0.05) is 42.5 Å². The predicted molar refractivity (Wildman–Crippen MR) is 75.9 cm³/mol. The number of methoxy groups -OCH3 is 1. The van der Waals surface area contributed by atoms with Crippen LogP contribution in [0, 0.1) is 0 Å². The number of hydrazine groups is 1. The number of hydrogen-bond donors (Lipinski definition) is 1. The maximum absolute atomic E-state index is 11.2. The molecule has 0 unspecified atom stereocenters. The van der Waals surface area contributed by atoms with Crippen LogP contribution in [0.5, 0.6) is 0 Å². The summed E-state index contributed by atoms with van der Waals surface area (Å²) in [6, 6.07) is 4.08. The van der Waals surface area contributed by atoms with Crippen LogP contribution in [-0.4, -0.2) is 56.2 Å². The Hall–Kier alpha value is -0.950. The molecule has 0 spiro atoms.